The molecule has 1 heterocycles. The molecule has 0 atom stereocenters. The molecule has 142 valence electrons. The lowest BCUT2D eigenvalue weighted by Crippen LogP contribution is -2.41. The lowest BCUT2D eigenvalue weighted by molar-refractivity contribution is -0.121. The van der Waals surface area contributed by atoms with Gasteiger partial charge in [-0.15, -0.1) is 0 Å². The van der Waals surface area contributed by atoms with Crippen molar-refractivity contribution < 1.29 is 23.1 Å². The third-order valence-electron chi connectivity index (χ3n) is 4.66. The van der Waals surface area contributed by atoms with Crippen molar-refractivity contribution >= 4 is 17.5 Å². The number of anilines is 1. The second kappa shape index (κ2) is 8.16. The van der Waals surface area contributed by atoms with E-state index in [2.05, 4.69) is 5.32 Å². The molecule has 2 aromatic carbocycles. The van der Waals surface area contributed by atoms with Crippen molar-refractivity contribution in [3.8, 4) is 5.75 Å². The molecule has 1 saturated heterocycles. The van der Waals surface area contributed by atoms with Crippen LogP contribution in [-0.2, 0) is 4.79 Å². The van der Waals surface area contributed by atoms with Gasteiger partial charge in [0.15, 0.2) is 11.6 Å². The van der Waals surface area contributed by atoms with E-state index in [9.17, 15) is 18.4 Å². The summed E-state index contributed by atoms with van der Waals surface area (Å²) in [7, 11) is 1.56. The predicted octanol–water partition coefficient (Wildman–Crippen LogP) is 3.46. The maximum atomic E-state index is 13.3. The fourth-order valence-electron chi connectivity index (χ4n) is 3.10. The Morgan fingerprint density at radius 2 is 1.81 bits per heavy atom. The van der Waals surface area contributed by atoms with Gasteiger partial charge in [0.25, 0.3) is 5.91 Å². The molecule has 0 aromatic heterocycles. The van der Waals surface area contributed by atoms with Gasteiger partial charge in [-0.1, -0.05) is 6.07 Å². The Hall–Kier alpha value is -2.96. The van der Waals surface area contributed by atoms with Crippen LogP contribution < -0.4 is 10.1 Å². The fraction of sp³-hybridized carbons (Fsp3) is 0.300. The van der Waals surface area contributed by atoms with Crippen molar-refractivity contribution in [1.82, 2.24) is 4.90 Å². The number of nitrogens with zero attached hydrogens (tertiary/aromatic N) is 1. The summed E-state index contributed by atoms with van der Waals surface area (Å²) >= 11 is 0. The van der Waals surface area contributed by atoms with Gasteiger partial charge in [0.2, 0.25) is 5.91 Å². The molecule has 3 rings (SSSR count). The number of methoxy groups -OCH3 is 1. The van der Waals surface area contributed by atoms with E-state index in [4.69, 9.17) is 4.74 Å². The van der Waals surface area contributed by atoms with Gasteiger partial charge in [-0.2, -0.15) is 0 Å². The van der Waals surface area contributed by atoms with Gasteiger partial charge in [-0.05, 0) is 43.2 Å². The van der Waals surface area contributed by atoms with Crippen LogP contribution in [0.3, 0.4) is 0 Å². The van der Waals surface area contributed by atoms with E-state index in [0.29, 0.717) is 37.4 Å². The number of hydrogen-bond donors (Lipinski definition) is 1. The van der Waals surface area contributed by atoms with Crippen LogP contribution in [0.5, 0.6) is 5.75 Å². The number of ether oxygens (including phenoxy) is 1. The summed E-state index contributed by atoms with van der Waals surface area (Å²) in [5.41, 5.74) is 0.757. The quantitative estimate of drug-likeness (QED) is 0.892. The van der Waals surface area contributed by atoms with Gasteiger partial charge in [0, 0.05) is 36.3 Å². The molecule has 0 saturated carbocycles. The van der Waals surface area contributed by atoms with E-state index in [1.54, 1.807) is 36.3 Å². The van der Waals surface area contributed by atoms with Crippen molar-refractivity contribution in [2.24, 2.45) is 5.92 Å². The molecule has 2 aromatic rings. The molecule has 1 aliphatic rings. The number of halogens is 2. The molecular weight excluding hydrogens is 354 g/mol. The number of amides is 2. The molecule has 1 fully saturated rings. The van der Waals surface area contributed by atoms with Crippen LogP contribution in [0, 0.1) is 17.6 Å². The van der Waals surface area contributed by atoms with Crippen molar-refractivity contribution in [3.05, 3.63) is 59.7 Å². The van der Waals surface area contributed by atoms with Crippen LogP contribution in [0.4, 0.5) is 14.5 Å². The first kappa shape index (κ1) is 18.8. The summed E-state index contributed by atoms with van der Waals surface area (Å²) in [5.74, 6) is -2.07. The lowest BCUT2D eigenvalue weighted by Gasteiger charge is -2.31. The van der Waals surface area contributed by atoms with E-state index < -0.39 is 11.6 Å². The summed E-state index contributed by atoms with van der Waals surface area (Å²) in [4.78, 5) is 26.4. The zero-order valence-corrected chi connectivity index (χ0v) is 14.9. The van der Waals surface area contributed by atoms with Crippen molar-refractivity contribution in [2.75, 3.05) is 25.5 Å². The summed E-state index contributed by atoms with van der Waals surface area (Å²) in [6.07, 6.45) is 1.01. The largest absolute Gasteiger partial charge is 0.497 e. The van der Waals surface area contributed by atoms with Gasteiger partial charge in [-0.25, -0.2) is 8.78 Å². The second-order valence-electron chi connectivity index (χ2n) is 6.42. The maximum absolute atomic E-state index is 13.3. The fourth-order valence-corrected chi connectivity index (χ4v) is 3.10. The summed E-state index contributed by atoms with van der Waals surface area (Å²) < 4.78 is 31.5. The molecule has 2 amide bonds. The number of carbonyl (C=O) groups excluding carboxylic acids is 2. The Bertz CT molecular complexity index is 849. The first-order valence-corrected chi connectivity index (χ1v) is 8.67. The molecule has 0 radical (unpaired) electrons. The number of hydrogen-bond acceptors (Lipinski definition) is 3. The third kappa shape index (κ3) is 4.42. The Morgan fingerprint density at radius 3 is 2.48 bits per heavy atom. The zero-order valence-electron chi connectivity index (χ0n) is 14.9. The first-order chi connectivity index (χ1) is 13.0. The van der Waals surface area contributed by atoms with Crippen LogP contribution in [0.25, 0.3) is 0 Å². The molecule has 0 spiro atoms. The minimum absolute atomic E-state index is 0.105. The average molecular weight is 374 g/mol. The van der Waals surface area contributed by atoms with Crippen molar-refractivity contribution in [2.45, 2.75) is 12.8 Å². The Balaban J connectivity index is 1.56. The van der Waals surface area contributed by atoms with Gasteiger partial charge >= 0.3 is 0 Å². The topological polar surface area (TPSA) is 58.6 Å². The Morgan fingerprint density at radius 1 is 1.07 bits per heavy atom. The van der Waals surface area contributed by atoms with E-state index in [1.807, 2.05) is 0 Å². The Kier molecular flexibility index (Phi) is 5.69. The molecular formula is C20H20F2N2O3. The standard InChI is InChI=1S/C20H20F2N2O3/c1-27-16-4-2-3-15(12-16)23-19(25)13-7-9-24(10-8-13)20(26)14-5-6-17(21)18(22)11-14/h2-6,11-13H,7-10H2,1H3,(H,23,25). The van der Waals surface area contributed by atoms with Gasteiger partial charge in [0.05, 0.1) is 7.11 Å². The van der Waals surface area contributed by atoms with Crippen LogP contribution in [0.2, 0.25) is 0 Å². The van der Waals surface area contributed by atoms with Crippen LogP contribution >= 0.6 is 0 Å². The normalized spacial score (nSPS) is 14.7. The second-order valence-corrected chi connectivity index (χ2v) is 6.42. The van der Waals surface area contributed by atoms with Crippen LogP contribution in [0.1, 0.15) is 23.2 Å². The monoisotopic (exact) mass is 374 g/mol. The highest BCUT2D eigenvalue weighted by molar-refractivity contribution is 5.95. The molecule has 1 aliphatic heterocycles. The number of nitrogens with one attached hydrogen (secondary N) is 1. The number of benzene rings is 2. The molecule has 1 N–H and O–H groups in total. The number of carbonyl (C=O) groups is 2. The maximum Gasteiger partial charge on any atom is 0.253 e. The highest BCUT2D eigenvalue weighted by Gasteiger charge is 2.28. The third-order valence-corrected chi connectivity index (χ3v) is 4.66. The average Bonchev–Trinajstić information content (AvgIpc) is 2.69. The van der Waals surface area contributed by atoms with Crippen LogP contribution in [-0.4, -0.2) is 36.9 Å². The van der Waals surface area contributed by atoms with Crippen molar-refractivity contribution in [1.29, 1.82) is 0 Å². The zero-order chi connectivity index (χ0) is 19.4. The SMILES string of the molecule is COc1cccc(NC(=O)C2CCN(C(=O)c3ccc(F)c(F)c3)CC2)c1. The summed E-state index contributed by atoms with van der Waals surface area (Å²) in [6.45, 7) is 0.766. The highest BCUT2D eigenvalue weighted by Crippen LogP contribution is 2.23. The van der Waals surface area contributed by atoms with Gasteiger partial charge in [0.1, 0.15) is 5.75 Å². The Labute approximate surface area is 155 Å². The highest BCUT2D eigenvalue weighted by atomic mass is 19.2. The van der Waals surface area contributed by atoms with E-state index in [-0.39, 0.29) is 23.3 Å². The number of rotatable bonds is 4. The van der Waals surface area contributed by atoms with Gasteiger partial charge in [-0.3, -0.25) is 9.59 Å². The minimum atomic E-state index is -1.05. The molecule has 0 unspecified atom stereocenters. The molecule has 5 nitrogen and oxygen atoms in total. The van der Waals surface area contributed by atoms with Gasteiger partial charge < -0.3 is 15.0 Å². The minimum Gasteiger partial charge on any atom is -0.497 e. The molecule has 27 heavy (non-hydrogen) atoms. The lowest BCUT2D eigenvalue weighted by atomic mass is 9.95. The molecule has 7 heteroatoms. The van der Waals surface area contributed by atoms with Crippen LogP contribution in [0.15, 0.2) is 42.5 Å². The van der Waals surface area contributed by atoms with E-state index in [0.717, 1.165) is 12.1 Å². The van der Waals surface area contributed by atoms with Crippen molar-refractivity contribution in [3.63, 3.8) is 0 Å². The van der Waals surface area contributed by atoms with E-state index in [1.165, 1.54) is 6.07 Å². The predicted molar refractivity (Wildman–Crippen MR) is 96.6 cm³/mol. The van der Waals surface area contributed by atoms with E-state index >= 15 is 0 Å². The smallest absolute Gasteiger partial charge is 0.253 e. The summed E-state index contributed by atoms with van der Waals surface area (Å²) in [6, 6.07) is 10.2. The number of likely N-dealkylation sites (tertiary alicyclic amines) is 1. The summed E-state index contributed by atoms with van der Waals surface area (Å²) in [5, 5.41) is 2.86. The molecule has 0 bridgehead atoms. The molecule has 0 aliphatic carbocycles. The first-order valence-electron chi connectivity index (χ1n) is 8.67. The number of piperidine rings is 1.